The van der Waals surface area contributed by atoms with Crippen LogP contribution in [0, 0.1) is 18.8 Å². The average molecular weight is 202 g/mol. The molecule has 1 nitrogen and oxygen atoms in total. The van der Waals surface area contributed by atoms with Gasteiger partial charge in [-0.15, -0.1) is 0 Å². The van der Waals surface area contributed by atoms with Crippen LogP contribution < -0.4 is 0 Å². The van der Waals surface area contributed by atoms with Gasteiger partial charge in [0, 0.05) is 6.61 Å². The number of rotatable bonds is 4. The van der Waals surface area contributed by atoms with E-state index in [1.54, 1.807) is 0 Å². The molecule has 2 atom stereocenters. The normalized spacial score (nSPS) is 24.7. The Morgan fingerprint density at radius 3 is 2.93 bits per heavy atom. The molecule has 1 aliphatic rings. The Labute approximate surface area is 91.4 Å². The van der Waals surface area contributed by atoms with E-state index in [2.05, 4.69) is 43.3 Å². The fourth-order valence-electron chi connectivity index (χ4n) is 2.01. The van der Waals surface area contributed by atoms with Gasteiger partial charge >= 0.3 is 0 Å². The molecule has 1 aliphatic carbocycles. The van der Waals surface area contributed by atoms with Crippen molar-refractivity contribution >= 4 is 6.08 Å². The molecule has 0 saturated heterocycles. The van der Waals surface area contributed by atoms with Crippen molar-refractivity contribution in [2.45, 2.75) is 19.8 Å². The lowest BCUT2D eigenvalue weighted by Gasteiger charge is -1.98. The predicted octanol–water partition coefficient (Wildman–Crippen LogP) is 3.03. The Hall–Kier alpha value is -1.08. The molecule has 0 aromatic heterocycles. The van der Waals surface area contributed by atoms with Gasteiger partial charge in [0.1, 0.15) is 0 Å². The van der Waals surface area contributed by atoms with Crippen LogP contribution in [0.25, 0.3) is 6.08 Å². The molecule has 0 heterocycles. The van der Waals surface area contributed by atoms with Crippen LogP contribution in [0.15, 0.2) is 30.3 Å². The maximum Gasteiger partial charge on any atom is 0.0433 e. The van der Waals surface area contributed by atoms with Crippen molar-refractivity contribution in [3.8, 4) is 0 Å². The molecule has 1 fully saturated rings. The van der Waals surface area contributed by atoms with E-state index in [0.717, 1.165) is 12.3 Å². The second-order valence-electron chi connectivity index (χ2n) is 4.39. The minimum absolute atomic E-state index is 0.333. The second-order valence-corrected chi connectivity index (χ2v) is 4.39. The topological polar surface area (TPSA) is 20.2 Å². The van der Waals surface area contributed by atoms with Crippen LogP contribution in [-0.2, 0) is 0 Å². The summed E-state index contributed by atoms with van der Waals surface area (Å²) < 4.78 is 0. The highest BCUT2D eigenvalue weighted by Crippen LogP contribution is 2.42. The summed E-state index contributed by atoms with van der Waals surface area (Å²) in [6, 6.07) is 8.43. The molecule has 2 rings (SSSR count). The molecule has 0 aliphatic heterocycles. The van der Waals surface area contributed by atoms with Crippen molar-refractivity contribution in [1.29, 1.82) is 0 Å². The minimum atomic E-state index is 0.333. The maximum atomic E-state index is 8.80. The van der Waals surface area contributed by atoms with Crippen LogP contribution in [0.5, 0.6) is 0 Å². The Kier molecular flexibility index (Phi) is 3.22. The van der Waals surface area contributed by atoms with Crippen molar-refractivity contribution in [2.75, 3.05) is 6.61 Å². The van der Waals surface area contributed by atoms with Gasteiger partial charge in [-0.2, -0.15) is 0 Å². The third-order valence-electron chi connectivity index (χ3n) is 3.19. The van der Waals surface area contributed by atoms with Crippen molar-refractivity contribution in [2.24, 2.45) is 11.8 Å². The van der Waals surface area contributed by atoms with Crippen LogP contribution in [0.1, 0.15) is 24.0 Å². The van der Waals surface area contributed by atoms with E-state index in [1.807, 2.05) is 0 Å². The summed E-state index contributed by atoms with van der Waals surface area (Å²) in [6.07, 6.45) is 6.73. The number of benzene rings is 1. The molecule has 0 unspecified atom stereocenters. The van der Waals surface area contributed by atoms with Crippen LogP contribution in [-0.4, -0.2) is 11.7 Å². The smallest absolute Gasteiger partial charge is 0.0433 e. The van der Waals surface area contributed by atoms with Gasteiger partial charge in [0.05, 0.1) is 0 Å². The summed E-state index contributed by atoms with van der Waals surface area (Å²) in [5, 5.41) is 8.80. The molecule has 0 bridgehead atoms. The first-order valence-corrected chi connectivity index (χ1v) is 5.66. The van der Waals surface area contributed by atoms with E-state index in [9.17, 15) is 0 Å². The van der Waals surface area contributed by atoms with Gasteiger partial charge in [-0.3, -0.25) is 0 Å². The summed E-state index contributed by atoms with van der Waals surface area (Å²) in [5.41, 5.74) is 2.64. The van der Waals surface area contributed by atoms with E-state index in [4.69, 9.17) is 5.11 Å². The fourth-order valence-corrected chi connectivity index (χ4v) is 2.01. The zero-order chi connectivity index (χ0) is 10.7. The molecule has 1 heteroatoms. The largest absolute Gasteiger partial charge is 0.396 e. The van der Waals surface area contributed by atoms with Gasteiger partial charge in [-0.05, 0) is 42.7 Å². The molecule has 0 amide bonds. The Balaban J connectivity index is 1.93. The van der Waals surface area contributed by atoms with E-state index in [1.165, 1.54) is 17.5 Å². The molecule has 1 aromatic carbocycles. The van der Waals surface area contributed by atoms with E-state index >= 15 is 0 Å². The maximum absolute atomic E-state index is 8.80. The van der Waals surface area contributed by atoms with E-state index in [-0.39, 0.29) is 0 Å². The monoisotopic (exact) mass is 202 g/mol. The number of aryl methyl sites for hydroxylation is 1. The SMILES string of the molecule is Cc1ccccc1/C=C/[C@@H]1C[C@@H]1CCO. The molecule has 0 radical (unpaired) electrons. The standard InChI is InChI=1S/C14H18O/c1-11-4-2-3-5-12(11)6-7-13-10-14(13)8-9-15/h2-7,13-15H,8-10H2,1H3/b7-6+/t13-,14+/m1/s1. The zero-order valence-electron chi connectivity index (χ0n) is 9.19. The van der Waals surface area contributed by atoms with Crippen LogP contribution in [0.4, 0.5) is 0 Å². The molecule has 15 heavy (non-hydrogen) atoms. The highest BCUT2D eigenvalue weighted by atomic mass is 16.3. The van der Waals surface area contributed by atoms with Gasteiger partial charge in [-0.25, -0.2) is 0 Å². The molecular formula is C14H18O. The van der Waals surface area contributed by atoms with Crippen molar-refractivity contribution in [3.05, 3.63) is 41.5 Å². The van der Waals surface area contributed by atoms with Crippen LogP contribution >= 0.6 is 0 Å². The lowest BCUT2D eigenvalue weighted by molar-refractivity contribution is 0.278. The third kappa shape index (κ3) is 2.69. The lowest BCUT2D eigenvalue weighted by Crippen LogP contribution is -1.85. The number of allylic oxidation sites excluding steroid dienone is 1. The lowest BCUT2D eigenvalue weighted by atomic mass is 10.1. The summed E-state index contributed by atoms with van der Waals surface area (Å²) >= 11 is 0. The molecule has 80 valence electrons. The number of hydrogen-bond donors (Lipinski definition) is 1. The molecular weight excluding hydrogens is 184 g/mol. The number of hydrogen-bond acceptors (Lipinski definition) is 1. The number of aliphatic hydroxyl groups is 1. The molecule has 1 N–H and O–H groups in total. The summed E-state index contributed by atoms with van der Waals surface area (Å²) in [6.45, 7) is 2.47. The van der Waals surface area contributed by atoms with Gasteiger partial charge < -0.3 is 5.11 Å². The molecule has 1 aromatic rings. The fraction of sp³-hybridized carbons (Fsp3) is 0.429. The van der Waals surface area contributed by atoms with Crippen molar-refractivity contribution in [1.82, 2.24) is 0 Å². The van der Waals surface area contributed by atoms with E-state index in [0.29, 0.717) is 12.5 Å². The first-order chi connectivity index (χ1) is 7.31. The second kappa shape index (κ2) is 4.63. The Morgan fingerprint density at radius 2 is 2.20 bits per heavy atom. The predicted molar refractivity (Wildman–Crippen MR) is 63.5 cm³/mol. The summed E-state index contributed by atoms with van der Waals surface area (Å²) in [7, 11) is 0. The number of aliphatic hydroxyl groups excluding tert-OH is 1. The minimum Gasteiger partial charge on any atom is -0.396 e. The quantitative estimate of drug-likeness (QED) is 0.795. The van der Waals surface area contributed by atoms with Crippen LogP contribution in [0.3, 0.4) is 0 Å². The first-order valence-electron chi connectivity index (χ1n) is 5.66. The molecule has 1 saturated carbocycles. The van der Waals surface area contributed by atoms with Gasteiger partial charge in [0.15, 0.2) is 0 Å². The van der Waals surface area contributed by atoms with Crippen molar-refractivity contribution in [3.63, 3.8) is 0 Å². The first kappa shape index (κ1) is 10.4. The Morgan fingerprint density at radius 1 is 1.40 bits per heavy atom. The highest BCUT2D eigenvalue weighted by Gasteiger charge is 2.33. The van der Waals surface area contributed by atoms with Gasteiger partial charge in [0.25, 0.3) is 0 Å². The summed E-state index contributed by atoms with van der Waals surface area (Å²) in [4.78, 5) is 0. The zero-order valence-corrected chi connectivity index (χ0v) is 9.19. The molecule has 0 spiro atoms. The van der Waals surface area contributed by atoms with E-state index < -0.39 is 0 Å². The van der Waals surface area contributed by atoms with Crippen molar-refractivity contribution < 1.29 is 5.11 Å². The summed E-state index contributed by atoms with van der Waals surface area (Å²) in [5.74, 6) is 1.44. The van der Waals surface area contributed by atoms with Gasteiger partial charge in [0.2, 0.25) is 0 Å². The highest BCUT2D eigenvalue weighted by molar-refractivity contribution is 5.53. The Bertz CT molecular complexity index is 354. The average Bonchev–Trinajstić information content (AvgIpc) is 2.96. The third-order valence-corrected chi connectivity index (χ3v) is 3.19. The van der Waals surface area contributed by atoms with Crippen LogP contribution in [0.2, 0.25) is 0 Å². The van der Waals surface area contributed by atoms with Gasteiger partial charge in [-0.1, -0.05) is 36.4 Å².